The van der Waals surface area contributed by atoms with E-state index >= 15 is 0 Å². The quantitative estimate of drug-likeness (QED) is 0.378. The molecular weight excluding hydrogens is 341 g/mol. The lowest BCUT2D eigenvalue weighted by molar-refractivity contribution is -0.121. The van der Waals surface area contributed by atoms with E-state index in [0.717, 1.165) is 5.69 Å². The average Bonchev–Trinajstić information content (AvgIpc) is 2.25. The van der Waals surface area contributed by atoms with Crippen LogP contribution in [-0.2, 0) is 4.79 Å². The molecule has 112 valence electrons. The summed E-state index contributed by atoms with van der Waals surface area (Å²) in [6, 6.07) is 1.77. The predicted octanol–water partition coefficient (Wildman–Crippen LogP) is 3.74. The van der Waals surface area contributed by atoms with Gasteiger partial charge in [-0.1, -0.05) is 60.4 Å². The maximum absolute atomic E-state index is 11.8. The number of hydrogen-bond donors (Lipinski definition) is 1. The van der Waals surface area contributed by atoms with Crippen LogP contribution in [0.5, 0.6) is 0 Å². The van der Waals surface area contributed by atoms with Crippen molar-refractivity contribution in [2.45, 2.75) is 41.4 Å². The Bertz CT molecular complexity index is 466. The Labute approximate surface area is 138 Å². The van der Waals surface area contributed by atoms with Crippen molar-refractivity contribution in [2.75, 3.05) is 0 Å². The molecule has 8 heteroatoms. The van der Waals surface area contributed by atoms with Crippen LogP contribution in [0.15, 0.2) is 17.4 Å². The van der Waals surface area contributed by atoms with Crippen molar-refractivity contribution < 1.29 is 4.79 Å². The maximum Gasteiger partial charge on any atom is 0.221 e. The highest BCUT2D eigenvalue weighted by atomic mass is 35.6. The summed E-state index contributed by atoms with van der Waals surface area (Å²) in [7, 11) is 0. The highest BCUT2D eigenvalue weighted by Crippen LogP contribution is 2.38. The first-order valence-electron chi connectivity index (χ1n) is 6.00. The molecule has 0 aliphatic rings. The zero-order valence-electron chi connectivity index (χ0n) is 11.4. The zero-order valence-corrected chi connectivity index (χ0v) is 14.4. The lowest BCUT2D eigenvalue weighted by atomic mass is 10.1. The van der Waals surface area contributed by atoms with Gasteiger partial charge in [0.05, 0.1) is 0 Å². The molecule has 0 saturated carbocycles. The Kier molecular flexibility index (Phi) is 6.85. The summed E-state index contributed by atoms with van der Waals surface area (Å²) in [4.78, 5) is 19.9. The molecule has 1 aromatic rings. The van der Waals surface area contributed by atoms with Gasteiger partial charge in [0.25, 0.3) is 0 Å². The van der Waals surface area contributed by atoms with Crippen LogP contribution in [0.3, 0.4) is 0 Å². The first-order chi connectivity index (χ1) is 9.18. The fraction of sp³-hybridized carbons (Fsp3) is 0.583. The molecule has 4 nitrogen and oxygen atoms in total. The molecule has 0 unspecified atom stereocenters. The smallest absolute Gasteiger partial charge is 0.221 e. The minimum atomic E-state index is -1.63. The number of halogens is 3. The van der Waals surface area contributed by atoms with Crippen LogP contribution in [-0.4, -0.2) is 25.0 Å². The molecule has 0 aliphatic carbocycles. The third-order valence-corrected chi connectivity index (χ3v) is 4.42. The first kappa shape index (κ1) is 17.8. The van der Waals surface area contributed by atoms with Gasteiger partial charge in [-0.05, 0) is 18.9 Å². The van der Waals surface area contributed by atoms with Crippen molar-refractivity contribution in [1.82, 2.24) is 15.3 Å². The summed E-state index contributed by atoms with van der Waals surface area (Å²) < 4.78 is -1.63. The maximum atomic E-state index is 11.8. The van der Waals surface area contributed by atoms with Crippen molar-refractivity contribution in [3.05, 3.63) is 18.1 Å². The van der Waals surface area contributed by atoms with E-state index in [1.165, 1.54) is 18.1 Å². The molecule has 0 saturated heterocycles. The molecule has 0 aliphatic heterocycles. The molecule has 0 aromatic carbocycles. The molecular formula is C12H16Cl3N3OS. The SMILES string of the molecule is Cc1cc(S[C@H](NC(=O)CC(C)C)C(Cl)(Cl)Cl)ncn1. The highest BCUT2D eigenvalue weighted by Gasteiger charge is 2.35. The van der Waals surface area contributed by atoms with Crippen LogP contribution < -0.4 is 5.32 Å². The number of carbonyl (C=O) groups excluding carboxylic acids is 1. The number of nitrogens with one attached hydrogen (secondary N) is 1. The lowest BCUT2D eigenvalue weighted by Gasteiger charge is -2.25. The van der Waals surface area contributed by atoms with Gasteiger partial charge < -0.3 is 5.32 Å². The summed E-state index contributed by atoms with van der Waals surface area (Å²) >= 11 is 19.0. The van der Waals surface area contributed by atoms with Gasteiger partial charge in [0.1, 0.15) is 16.7 Å². The van der Waals surface area contributed by atoms with Gasteiger partial charge in [-0.15, -0.1) is 0 Å². The van der Waals surface area contributed by atoms with E-state index in [4.69, 9.17) is 34.8 Å². The molecule has 1 rings (SSSR count). The second-order valence-corrected chi connectivity index (χ2v) is 8.20. The number of aryl methyl sites for hydroxylation is 1. The number of rotatable bonds is 5. The molecule has 0 bridgehead atoms. The number of amides is 1. The second-order valence-electron chi connectivity index (χ2n) is 4.70. The molecule has 0 fully saturated rings. The Balaban J connectivity index is 2.78. The van der Waals surface area contributed by atoms with Gasteiger partial charge in [0, 0.05) is 12.1 Å². The molecule has 0 radical (unpaired) electrons. The van der Waals surface area contributed by atoms with Crippen molar-refractivity contribution in [3.63, 3.8) is 0 Å². The van der Waals surface area contributed by atoms with E-state index in [1.54, 1.807) is 6.07 Å². The van der Waals surface area contributed by atoms with Crippen LogP contribution in [0.25, 0.3) is 0 Å². The number of aromatic nitrogens is 2. The summed E-state index contributed by atoms with van der Waals surface area (Å²) in [6.07, 6.45) is 1.81. The summed E-state index contributed by atoms with van der Waals surface area (Å²) in [5.41, 5.74) is 0.805. The lowest BCUT2D eigenvalue weighted by Crippen LogP contribution is -2.41. The normalized spacial score (nSPS) is 13.3. The van der Waals surface area contributed by atoms with Crippen LogP contribution in [0, 0.1) is 12.8 Å². The van der Waals surface area contributed by atoms with Gasteiger partial charge in [-0.3, -0.25) is 4.79 Å². The van der Waals surface area contributed by atoms with Crippen LogP contribution >= 0.6 is 46.6 Å². The molecule has 1 amide bonds. The van der Waals surface area contributed by atoms with E-state index in [-0.39, 0.29) is 11.8 Å². The third-order valence-electron chi connectivity index (χ3n) is 2.20. The number of thioether (sulfide) groups is 1. The topological polar surface area (TPSA) is 54.9 Å². The molecule has 0 spiro atoms. The first-order valence-corrected chi connectivity index (χ1v) is 8.01. The predicted molar refractivity (Wildman–Crippen MR) is 84.3 cm³/mol. The van der Waals surface area contributed by atoms with Crippen molar-refractivity contribution in [1.29, 1.82) is 0 Å². The van der Waals surface area contributed by atoms with Crippen molar-refractivity contribution in [3.8, 4) is 0 Å². The van der Waals surface area contributed by atoms with E-state index in [0.29, 0.717) is 11.4 Å². The molecule has 1 aromatic heterocycles. The summed E-state index contributed by atoms with van der Waals surface area (Å²) in [5.74, 6) is 0.0759. The van der Waals surface area contributed by atoms with E-state index in [1.807, 2.05) is 20.8 Å². The van der Waals surface area contributed by atoms with Crippen LogP contribution in [0.1, 0.15) is 26.0 Å². The molecule has 1 heterocycles. The monoisotopic (exact) mass is 355 g/mol. The standard InChI is InChI=1S/C12H16Cl3N3OS/c1-7(2)4-9(19)18-11(12(13,14)15)20-10-5-8(3)16-6-17-10/h5-7,11H,4H2,1-3H3,(H,18,19)/t11-/m0/s1. The Hall–Kier alpha value is -0.230. The van der Waals surface area contributed by atoms with Gasteiger partial charge in [-0.2, -0.15) is 0 Å². The second kappa shape index (κ2) is 7.69. The zero-order chi connectivity index (χ0) is 15.3. The summed E-state index contributed by atoms with van der Waals surface area (Å²) in [5, 5.41) is 2.65. The minimum Gasteiger partial charge on any atom is -0.340 e. The van der Waals surface area contributed by atoms with Gasteiger partial charge in [0.2, 0.25) is 9.70 Å². The average molecular weight is 357 g/mol. The van der Waals surface area contributed by atoms with Gasteiger partial charge in [0.15, 0.2) is 0 Å². The van der Waals surface area contributed by atoms with Crippen LogP contribution in [0.4, 0.5) is 0 Å². The largest absolute Gasteiger partial charge is 0.340 e. The number of alkyl halides is 3. The number of hydrogen-bond acceptors (Lipinski definition) is 4. The fourth-order valence-corrected chi connectivity index (χ4v) is 2.85. The third kappa shape index (κ3) is 6.48. The van der Waals surface area contributed by atoms with Crippen molar-refractivity contribution >= 4 is 52.5 Å². The molecule has 1 N–H and O–H groups in total. The Morgan fingerprint density at radius 1 is 1.40 bits per heavy atom. The number of nitrogens with zero attached hydrogens (tertiary/aromatic N) is 2. The van der Waals surface area contributed by atoms with E-state index in [2.05, 4.69) is 15.3 Å². The van der Waals surface area contributed by atoms with Gasteiger partial charge >= 0.3 is 0 Å². The van der Waals surface area contributed by atoms with E-state index in [9.17, 15) is 4.79 Å². The minimum absolute atomic E-state index is 0.158. The van der Waals surface area contributed by atoms with Gasteiger partial charge in [-0.25, -0.2) is 9.97 Å². The molecule has 1 atom stereocenters. The molecule has 20 heavy (non-hydrogen) atoms. The highest BCUT2D eigenvalue weighted by molar-refractivity contribution is 8.00. The van der Waals surface area contributed by atoms with E-state index < -0.39 is 9.17 Å². The Morgan fingerprint density at radius 2 is 2.05 bits per heavy atom. The fourth-order valence-electron chi connectivity index (χ4n) is 1.37. The Morgan fingerprint density at radius 3 is 2.55 bits per heavy atom. The number of carbonyl (C=O) groups is 1. The van der Waals surface area contributed by atoms with Crippen molar-refractivity contribution in [2.24, 2.45) is 5.92 Å². The summed E-state index contributed by atoms with van der Waals surface area (Å²) in [6.45, 7) is 5.74. The van der Waals surface area contributed by atoms with Crippen LogP contribution in [0.2, 0.25) is 0 Å².